The Balaban J connectivity index is 2.27. The minimum Gasteiger partial charge on any atom is -0.481 e. The Hall–Kier alpha value is -2.68. The van der Waals surface area contributed by atoms with E-state index in [0.717, 1.165) is 22.8 Å². The van der Waals surface area contributed by atoms with Crippen molar-refractivity contribution in [2.75, 3.05) is 0 Å². The Kier molecular flexibility index (Phi) is 4.11. The Bertz CT molecular complexity index is 944. The van der Waals surface area contributed by atoms with Gasteiger partial charge in [-0.1, -0.05) is 67.9 Å². The molecule has 0 heterocycles. The van der Waals surface area contributed by atoms with E-state index < -0.39 is 11.9 Å². The van der Waals surface area contributed by atoms with Crippen LogP contribution in [0.4, 0.5) is 0 Å². The monoisotopic (exact) mass is 306 g/mol. The molecule has 1 unspecified atom stereocenters. The molecule has 3 heteroatoms. The number of hydrogen-bond acceptors (Lipinski definition) is 2. The predicted octanol–water partition coefficient (Wildman–Crippen LogP) is 4.32. The highest BCUT2D eigenvalue weighted by Crippen LogP contribution is 2.25. The average Bonchev–Trinajstić information content (AvgIpc) is 2.70. The maximum Gasteiger partial charge on any atom is 0.310 e. The first-order chi connectivity index (χ1) is 11.1. The second-order valence-corrected chi connectivity index (χ2v) is 5.78. The van der Waals surface area contributed by atoms with Gasteiger partial charge in [0.05, 0.1) is 5.92 Å². The van der Waals surface area contributed by atoms with Crippen LogP contribution >= 0.6 is 0 Å². The van der Waals surface area contributed by atoms with Gasteiger partial charge in [0, 0.05) is 10.8 Å². The topological polar surface area (TPSA) is 54.4 Å². The number of hydrogen-bond donors (Lipinski definition) is 1. The van der Waals surface area contributed by atoms with E-state index in [1.807, 2.05) is 49.4 Å². The number of carbonyl (C=O) groups is 1. The summed E-state index contributed by atoms with van der Waals surface area (Å²) in [4.78, 5) is 24.2. The van der Waals surface area contributed by atoms with E-state index >= 15 is 0 Å². The summed E-state index contributed by atoms with van der Waals surface area (Å²) in [6.45, 7) is 1.97. The van der Waals surface area contributed by atoms with Crippen LogP contribution in [-0.4, -0.2) is 11.1 Å². The van der Waals surface area contributed by atoms with Gasteiger partial charge in [0.15, 0.2) is 5.43 Å². The molecule has 3 aromatic rings. The maximum absolute atomic E-state index is 12.7. The van der Waals surface area contributed by atoms with Gasteiger partial charge in [-0.05, 0) is 22.8 Å². The van der Waals surface area contributed by atoms with Crippen LogP contribution in [0.15, 0.2) is 59.4 Å². The lowest BCUT2D eigenvalue weighted by Gasteiger charge is -2.11. The second kappa shape index (κ2) is 6.21. The van der Waals surface area contributed by atoms with E-state index in [4.69, 9.17) is 0 Å². The molecular formula is C20H18O3. The zero-order chi connectivity index (χ0) is 16.4. The first-order valence-corrected chi connectivity index (χ1v) is 7.80. The summed E-state index contributed by atoms with van der Waals surface area (Å²) >= 11 is 0. The number of carboxylic acid groups (broad SMARTS) is 1. The molecule has 1 atom stereocenters. The molecule has 0 bridgehead atoms. The van der Waals surface area contributed by atoms with E-state index in [0.29, 0.717) is 17.2 Å². The number of aliphatic carboxylic acids is 1. The fraction of sp³-hybridized carbons (Fsp3) is 0.200. The second-order valence-electron chi connectivity index (χ2n) is 5.78. The summed E-state index contributed by atoms with van der Waals surface area (Å²) in [6, 6.07) is 16.7. The van der Waals surface area contributed by atoms with Crippen molar-refractivity contribution in [3.8, 4) is 0 Å². The van der Waals surface area contributed by atoms with Crippen molar-refractivity contribution in [1.82, 2.24) is 0 Å². The molecule has 0 saturated heterocycles. The van der Waals surface area contributed by atoms with Crippen molar-refractivity contribution in [1.29, 1.82) is 0 Å². The summed E-state index contributed by atoms with van der Waals surface area (Å²) in [5.41, 5.74) is 0.732. The summed E-state index contributed by atoms with van der Waals surface area (Å²) in [6.07, 6.45) is 1.39. The smallest absolute Gasteiger partial charge is 0.310 e. The van der Waals surface area contributed by atoms with Gasteiger partial charge in [-0.3, -0.25) is 9.59 Å². The largest absolute Gasteiger partial charge is 0.481 e. The third-order valence-corrected chi connectivity index (χ3v) is 4.25. The third kappa shape index (κ3) is 2.82. The molecule has 0 aliphatic carbocycles. The molecule has 0 spiro atoms. The quantitative estimate of drug-likeness (QED) is 0.781. The summed E-state index contributed by atoms with van der Waals surface area (Å²) in [5, 5.41) is 12.4. The number of carboxylic acids is 1. The first-order valence-electron chi connectivity index (χ1n) is 7.80. The van der Waals surface area contributed by atoms with Crippen molar-refractivity contribution in [3.05, 3.63) is 70.4 Å². The average molecular weight is 306 g/mol. The molecule has 0 aliphatic rings. The number of fused-ring (bicyclic) bond motifs is 2. The van der Waals surface area contributed by atoms with E-state index in [-0.39, 0.29) is 5.43 Å². The summed E-state index contributed by atoms with van der Waals surface area (Å²) in [7, 11) is 0. The van der Waals surface area contributed by atoms with Crippen LogP contribution < -0.4 is 5.43 Å². The Morgan fingerprint density at radius 1 is 1.00 bits per heavy atom. The molecule has 0 fully saturated rings. The zero-order valence-corrected chi connectivity index (χ0v) is 13.0. The maximum atomic E-state index is 12.7. The van der Waals surface area contributed by atoms with Crippen molar-refractivity contribution in [3.63, 3.8) is 0 Å². The standard InChI is InChI=1S/C20H18O3/c1-2-5-18(20(22)23)15-10-11-17-14(12-15)9-8-13-6-3-4-7-16(13)19(17)21/h3-4,6-12,18H,2,5H2,1H3,(H,22,23). The summed E-state index contributed by atoms with van der Waals surface area (Å²) < 4.78 is 0. The highest BCUT2D eigenvalue weighted by atomic mass is 16.4. The molecule has 3 aromatic carbocycles. The van der Waals surface area contributed by atoms with Crippen LogP contribution in [0, 0.1) is 0 Å². The molecule has 3 nitrogen and oxygen atoms in total. The fourth-order valence-electron chi connectivity index (χ4n) is 3.04. The SMILES string of the molecule is CCCC(C(=O)O)c1ccc2c(=O)c3ccccc3ccc2c1. The van der Waals surface area contributed by atoms with E-state index in [1.54, 1.807) is 12.1 Å². The molecule has 1 N–H and O–H groups in total. The molecule has 0 amide bonds. The van der Waals surface area contributed by atoms with Gasteiger partial charge in [0.25, 0.3) is 0 Å². The predicted molar refractivity (Wildman–Crippen MR) is 93.0 cm³/mol. The fourth-order valence-corrected chi connectivity index (χ4v) is 3.04. The molecule has 23 heavy (non-hydrogen) atoms. The molecule has 0 radical (unpaired) electrons. The van der Waals surface area contributed by atoms with Gasteiger partial charge in [-0.25, -0.2) is 0 Å². The van der Waals surface area contributed by atoms with Crippen LogP contribution in [0.3, 0.4) is 0 Å². The van der Waals surface area contributed by atoms with Gasteiger partial charge in [0.2, 0.25) is 0 Å². The lowest BCUT2D eigenvalue weighted by Crippen LogP contribution is -2.11. The highest BCUT2D eigenvalue weighted by molar-refractivity contribution is 5.93. The van der Waals surface area contributed by atoms with Gasteiger partial charge in [-0.15, -0.1) is 0 Å². The van der Waals surface area contributed by atoms with Gasteiger partial charge < -0.3 is 5.11 Å². The van der Waals surface area contributed by atoms with Crippen LogP contribution in [-0.2, 0) is 4.79 Å². The van der Waals surface area contributed by atoms with Crippen LogP contribution in [0.2, 0.25) is 0 Å². The number of benzene rings is 2. The van der Waals surface area contributed by atoms with Crippen molar-refractivity contribution in [2.45, 2.75) is 25.7 Å². The van der Waals surface area contributed by atoms with Gasteiger partial charge in [-0.2, -0.15) is 0 Å². The van der Waals surface area contributed by atoms with Crippen LogP contribution in [0.25, 0.3) is 21.5 Å². The molecule has 3 rings (SSSR count). The number of rotatable bonds is 4. The first kappa shape index (κ1) is 15.2. The van der Waals surface area contributed by atoms with E-state index in [2.05, 4.69) is 0 Å². The molecule has 0 aromatic heterocycles. The van der Waals surface area contributed by atoms with E-state index in [9.17, 15) is 14.7 Å². The Morgan fingerprint density at radius 3 is 2.43 bits per heavy atom. The molecular weight excluding hydrogens is 288 g/mol. The Morgan fingerprint density at radius 2 is 1.70 bits per heavy atom. The normalized spacial score (nSPS) is 12.4. The van der Waals surface area contributed by atoms with Gasteiger partial charge >= 0.3 is 5.97 Å². The van der Waals surface area contributed by atoms with Gasteiger partial charge in [0.1, 0.15) is 0 Å². The molecule has 0 aliphatic heterocycles. The minimum atomic E-state index is -0.820. The zero-order valence-electron chi connectivity index (χ0n) is 13.0. The van der Waals surface area contributed by atoms with Crippen molar-refractivity contribution in [2.24, 2.45) is 0 Å². The third-order valence-electron chi connectivity index (χ3n) is 4.25. The highest BCUT2D eigenvalue weighted by Gasteiger charge is 2.19. The lowest BCUT2D eigenvalue weighted by atomic mass is 9.93. The van der Waals surface area contributed by atoms with E-state index in [1.165, 1.54) is 0 Å². The van der Waals surface area contributed by atoms with Crippen LogP contribution in [0.5, 0.6) is 0 Å². The van der Waals surface area contributed by atoms with Crippen LogP contribution in [0.1, 0.15) is 31.2 Å². The van der Waals surface area contributed by atoms with Crippen molar-refractivity contribution < 1.29 is 9.90 Å². The summed E-state index contributed by atoms with van der Waals surface area (Å²) in [5.74, 6) is -1.35. The van der Waals surface area contributed by atoms with Crippen molar-refractivity contribution >= 4 is 27.5 Å². The molecule has 116 valence electrons. The minimum absolute atomic E-state index is 0.0190. The molecule has 0 saturated carbocycles. The Labute approximate surface area is 134 Å². The lowest BCUT2D eigenvalue weighted by molar-refractivity contribution is -0.139.